The fraction of sp³-hybridized carbons (Fsp3) is 0.182. The fourth-order valence-electron chi connectivity index (χ4n) is 4.02. The Morgan fingerprint density at radius 1 is 1.30 bits per heavy atom. The van der Waals surface area contributed by atoms with Gasteiger partial charge < -0.3 is 15.4 Å². The predicted octanol–water partition coefficient (Wildman–Crippen LogP) is 3.56. The number of fused-ring (bicyclic) bond motifs is 4. The molecule has 5 rings (SSSR count). The highest BCUT2D eigenvalue weighted by Gasteiger charge is 2.36. The van der Waals surface area contributed by atoms with Gasteiger partial charge in [0.1, 0.15) is 30.3 Å². The standard InChI is InChI=1S/C22H15F3N6O2/c1-30(17-9-33-18-7-12(22(23,24)25)3-4-13(17)18)21(32)11-2-5-14-16(6-11)31-10-28-15(8-26)19(31)20(27)29-14/h2-7,10,17H,9H2,1H3,(H2,27,29)/t17-/m1/s1. The van der Waals surface area contributed by atoms with Crippen LogP contribution in [0, 0.1) is 11.3 Å². The zero-order valence-corrected chi connectivity index (χ0v) is 17.1. The van der Waals surface area contributed by atoms with Crippen molar-refractivity contribution in [1.82, 2.24) is 19.3 Å². The van der Waals surface area contributed by atoms with E-state index in [4.69, 9.17) is 10.5 Å². The molecule has 166 valence electrons. The minimum atomic E-state index is -4.48. The van der Waals surface area contributed by atoms with Gasteiger partial charge in [-0.2, -0.15) is 18.4 Å². The Morgan fingerprint density at radius 2 is 2.09 bits per heavy atom. The molecule has 1 aliphatic heterocycles. The number of halogens is 3. The summed E-state index contributed by atoms with van der Waals surface area (Å²) in [7, 11) is 1.56. The highest BCUT2D eigenvalue weighted by molar-refractivity contribution is 5.98. The first-order valence-electron chi connectivity index (χ1n) is 9.76. The number of amides is 1. The van der Waals surface area contributed by atoms with E-state index >= 15 is 0 Å². The van der Waals surface area contributed by atoms with Gasteiger partial charge in [-0.3, -0.25) is 9.20 Å². The van der Waals surface area contributed by atoms with Crippen molar-refractivity contribution in [3.8, 4) is 11.8 Å². The second-order valence-electron chi connectivity index (χ2n) is 7.62. The number of hydrogen-bond donors (Lipinski definition) is 1. The topological polar surface area (TPSA) is 110 Å². The molecule has 3 heterocycles. The molecule has 0 spiro atoms. The van der Waals surface area contributed by atoms with Crippen LogP contribution in [0.2, 0.25) is 0 Å². The van der Waals surface area contributed by atoms with Crippen LogP contribution in [-0.4, -0.2) is 38.8 Å². The molecule has 33 heavy (non-hydrogen) atoms. The number of rotatable bonds is 2. The molecule has 8 nitrogen and oxygen atoms in total. The molecule has 0 radical (unpaired) electrons. The predicted molar refractivity (Wildman–Crippen MR) is 111 cm³/mol. The third-order valence-electron chi connectivity index (χ3n) is 5.72. The molecule has 0 aliphatic carbocycles. The maximum absolute atomic E-state index is 13.2. The van der Waals surface area contributed by atoms with Crippen molar-refractivity contribution < 1.29 is 22.7 Å². The second-order valence-corrected chi connectivity index (χ2v) is 7.62. The van der Waals surface area contributed by atoms with E-state index in [2.05, 4.69) is 9.97 Å². The van der Waals surface area contributed by atoms with Crippen LogP contribution in [0.3, 0.4) is 0 Å². The minimum absolute atomic E-state index is 0.0435. The van der Waals surface area contributed by atoms with E-state index in [1.807, 2.05) is 6.07 Å². The van der Waals surface area contributed by atoms with E-state index in [1.165, 1.54) is 17.3 Å². The SMILES string of the molecule is CN(C(=O)c1ccc2nc(N)c3c(C#N)ncn3c2c1)[C@@H]1COc2cc(C(F)(F)F)ccc21. The van der Waals surface area contributed by atoms with Gasteiger partial charge in [0.2, 0.25) is 0 Å². The first kappa shape index (κ1) is 20.6. The van der Waals surface area contributed by atoms with Gasteiger partial charge in [0, 0.05) is 18.2 Å². The summed E-state index contributed by atoms with van der Waals surface area (Å²) in [6.45, 7) is 0.0435. The van der Waals surface area contributed by atoms with Crippen molar-refractivity contribution >= 4 is 28.3 Å². The molecule has 2 N–H and O–H groups in total. The van der Waals surface area contributed by atoms with E-state index in [-0.39, 0.29) is 29.8 Å². The summed E-state index contributed by atoms with van der Waals surface area (Å²) >= 11 is 0. The molecule has 2 aromatic heterocycles. The number of hydrogen-bond acceptors (Lipinski definition) is 6. The highest BCUT2D eigenvalue weighted by Crippen LogP contribution is 2.40. The monoisotopic (exact) mass is 452 g/mol. The Labute approximate surface area is 184 Å². The Bertz CT molecular complexity index is 1490. The van der Waals surface area contributed by atoms with Crippen molar-refractivity contribution in [3.05, 3.63) is 65.1 Å². The van der Waals surface area contributed by atoms with Gasteiger partial charge in [-0.15, -0.1) is 0 Å². The smallest absolute Gasteiger partial charge is 0.416 e. The van der Waals surface area contributed by atoms with Crippen molar-refractivity contribution in [3.63, 3.8) is 0 Å². The van der Waals surface area contributed by atoms with Crippen LogP contribution in [0.5, 0.6) is 5.75 Å². The Balaban J connectivity index is 1.51. The van der Waals surface area contributed by atoms with Crippen molar-refractivity contribution in [1.29, 1.82) is 5.26 Å². The van der Waals surface area contributed by atoms with E-state index in [9.17, 15) is 23.2 Å². The first-order chi connectivity index (χ1) is 15.7. The lowest BCUT2D eigenvalue weighted by Gasteiger charge is -2.24. The van der Waals surface area contributed by atoms with Crippen LogP contribution >= 0.6 is 0 Å². The number of nitrogens with zero attached hydrogens (tertiary/aromatic N) is 5. The molecule has 0 saturated carbocycles. The van der Waals surface area contributed by atoms with Crippen molar-refractivity contribution in [2.45, 2.75) is 12.2 Å². The molecular formula is C22H15F3N6O2. The average Bonchev–Trinajstić information content (AvgIpc) is 3.41. The molecule has 0 saturated heterocycles. The summed E-state index contributed by atoms with van der Waals surface area (Å²) in [6.07, 6.45) is -3.05. The lowest BCUT2D eigenvalue weighted by atomic mass is 10.0. The van der Waals surface area contributed by atoms with Crippen LogP contribution in [-0.2, 0) is 6.18 Å². The summed E-state index contributed by atoms with van der Waals surface area (Å²) in [4.78, 5) is 23.0. The van der Waals surface area contributed by atoms with Crippen LogP contribution in [0.4, 0.5) is 19.0 Å². The number of carbonyl (C=O) groups is 1. The molecule has 1 amide bonds. The molecule has 0 bridgehead atoms. The lowest BCUT2D eigenvalue weighted by Crippen LogP contribution is -2.32. The molecule has 2 aromatic carbocycles. The Hall–Kier alpha value is -4.33. The number of ether oxygens (including phenoxy) is 1. The summed E-state index contributed by atoms with van der Waals surface area (Å²) in [5.41, 5.74) is 7.50. The number of nitrogens with two attached hydrogens (primary N) is 1. The second kappa shape index (κ2) is 7.09. The van der Waals surface area contributed by atoms with Gasteiger partial charge in [0.05, 0.1) is 22.6 Å². The minimum Gasteiger partial charge on any atom is -0.491 e. The summed E-state index contributed by atoms with van der Waals surface area (Å²) in [6, 6.07) is 9.51. The number of nitrogen functional groups attached to an aromatic ring is 1. The zero-order valence-electron chi connectivity index (χ0n) is 17.1. The van der Waals surface area contributed by atoms with Crippen LogP contribution in [0.25, 0.3) is 16.6 Å². The van der Waals surface area contributed by atoms with Gasteiger partial charge in [-0.05, 0) is 30.3 Å². The summed E-state index contributed by atoms with van der Waals surface area (Å²) in [5.74, 6) is -0.105. The molecule has 1 aliphatic rings. The number of likely N-dealkylation sites (N-methyl/N-ethyl adjacent to an activating group) is 1. The van der Waals surface area contributed by atoms with Crippen molar-refractivity contribution in [2.24, 2.45) is 0 Å². The number of anilines is 1. The number of imidazole rings is 1. The summed E-state index contributed by atoms with van der Waals surface area (Å²) in [5, 5.41) is 9.26. The van der Waals surface area contributed by atoms with Crippen LogP contribution < -0.4 is 10.5 Å². The van der Waals surface area contributed by atoms with Gasteiger partial charge in [0.15, 0.2) is 11.5 Å². The lowest BCUT2D eigenvalue weighted by molar-refractivity contribution is -0.137. The average molecular weight is 452 g/mol. The van der Waals surface area contributed by atoms with E-state index < -0.39 is 17.8 Å². The van der Waals surface area contributed by atoms with Gasteiger partial charge in [-0.1, -0.05) is 6.07 Å². The molecular weight excluding hydrogens is 437 g/mol. The Kier molecular flexibility index (Phi) is 4.42. The quantitative estimate of drug-likeness (QED) is 0.498. The molecule has 4 aromatic rings. The maximum atomic E-state index is 13.2. The molecule has 1 atom stereocenters. The number of alkyl halides is 3. The fourth-order valence-corrected chi connectivity index (χ4v) is 4.02. The zero-order chi connectivity index (χ0) is 23.5. The Morgan fingerprint density at radius 3 is 2.82 bits per heavy atom. The van der Waals surface area contributed by atoms with E-state index in [1.54, 1.807) is 29.6 Å². The van der Waals surface area contributed by atoms with Crippen molar-refractivity contribution in [2.75, 3.05) is 19.4 Å². The third-order valence-corrected chi connectivity index (χ3v) is 5.72. The largest absolute Gasteiger partial charge is 0.491 e. The molecule has 11 heteroatoms. The van der Waals surface area contributed by atoms with Crippen LogP contribution in [0.1, 0.15) is 33.2 Å². The number of benzene rings is 2. The first-order valence-corrected chi connectivity index (χ1v) is 9.76. The number of nitriles is 1. The number of aromatic nitrogens is 3. The normalized spacial score (nSPS) is 15.3. The van der Waals surface area contributed by atoms with Gasteiger partial charge >= 0.3 is 6.18 Å². The number of carbonyl (C=O) groups excluding carboxylic acids is 1. The van der Waals surface area contributed by atoms with Crippen LogP contribution in [0.15, 0.2) is 42.7 Å². The highest BCUT2D eigenvalue weighted by atomic mass is 19.4. The third kappa shape index (κ3) is 3.18. The van der Waals surface area contributed by atoms with E-state index in [0.717, 1.165) is 12.1 Å². The summed E-state index contributed by atoms with van der Waals surface area (Å²) < 4.78 is 46.0. The maximum Gasteiger partial charge on any atom is 0.416 e. The van der Waals surface area contributed by atoms with Gasteiger partial charge in [-0.25, -0.2) is 9.97 Å². The molecule has 0 unspecified atom stereocenters. The molecule has 0 fully saturated rings. The van der Waals surface area contributed by atoms with Gasteiger partial charge in [0.25, 0.3) is 5.91 Å². The van der Waals surface area contributed by atoms with E-state index in [0.29, 0.717) is 27.7 Å².